The van der Waals surface area contributed by atoms with Crippen molar-refractivity contribution in [2.24, 2.45) is 0 Å². The molecule has 1 aromatic heterocycles. The van der Waals surface area contributed by atoms with Crippen LogP contribution in [0.3, 0.4) is 0 Å². The van der Waals surface area contributed by atoms with Crippen molar-refractivity contribution in [1.29, 1.82) is 0 Å². The molecule has 0 aliphatic carbocycles. The van der Waals surface area contributed by atoms with Gasteiger partial charge in [-0.1, -0.05) is 23.4 Å². The molecule has 0 spiro atoms. The first-order valence-corrected chi connectivity index (χ1v) is 6.93. The SMILES string of the molecule is Cc1noc(CCCC(=O)Nc2ccccc2CC(=O)O)n1. The van der Waals surface area contributed by atoms with Crippen LogP contribution in [0.5, 0.6) is 0 Å². The van der Waals surface area contributed by atoms with Crippen molar-refractivity contribution in [2.75, 3.05) is 5.32 Å². The van der Waals surface area contributed by atoms with Gasteiger partial charge in [0.15, 0.2) is 5.82 Å². The smallest absolute Gasteiger partial charge is 0.307 e. The lowest BCUT2D eigenvalue weighted by Crippen LogP contribution is -2.14. The number of aryl methyl sites for hydroxylation is 2. The van der Waals surface area contributed by atoms with Gasteiger partial charge in [0.05, 0.1) is 6.42 Å². The molecule has 1 amide bonds. The molecule has 7 heteroatoms. The monoisotopic (exact) mass is 303 g/mol. The first-order chi connectivity index (χ1) is 10.5. The largest absolute Gasteiger partial charge is 0.481 e. The predicted octanol–water partition coefficient (Wildman–Crippen LogP) is 1.97. The van der Waals surface area contributed by atoms with Crippen LogP contribution < -0.4 is 5.32 Å². The minimum absolute atomic E-state index is 0.127. The molecule has 0 aliphatic heterocycles. The summed E-state index contributed by atoms with van der Waals surface area (Å²) in [4.78, 5) is 26.8. The van der Waals surface area contributed by atoms with Crippen LogP contribution in [0.1, 0.15) is 30.1 Å². The zero-order valence-electron chi connectivity index (χ0n) is 12.2. The molecule has 0 fully saturated rings. The molecule has 22 heavy (non-hydrogen) atoms. The highest BCUT2D eigenvalue weighted by Gasteiger charge is 2.10. The minimum Gasteiger partial charge on any atom is -0.481 e. The number of nitrogens with zero attached hydrogens (tertiary/aromatic N) is 2. The number of anilines is 1. The van der Waals surface area contributed by atoms with Gasteiger partial charge in [-0.15, -0.1) is 0 Å². The molecule has 2 N–H and O–H groups in total. The number of benzene rings is 1. The lowest BCUT2D eigenvalue weighted by molar-refractivity contribution is -0.136. The number of hydrogen-bond acceptors (Lipinski definition) is 5. The fourth-order valence-corrected chi connectivity index (χ4v) is 2.01. The van der Waals surface area contributed by atoms with Gasteiger partial charge >= 0.3 is 5.97 Å². The van der Waals surface area contributed by atoms with E-state index in [9.17, 15) is 9.59 Å². The molecule has 0 saturated heterocycles. The van der Waals surface area contributed by atoms with Gasteiger partial charge in [-0.05, 0) is 25.0 Å². The number of nitrogens with one attached hydrogen (secondary N) is 1. The average Bonchev–Trinajstić information content (AvgIpc) is 2.86. The van der Waals surface area contributed by atoms with Gasteiger partial charge in [-0.25, -0.2) is 0 Å². The van der Waals surface area contributed by atoms with Gasteiger partial charge in [-0.3, -0.25) is 9.59 Å². The molecule has 0 atom stereocenters. The van der Waals surface area contributed by atoms with Crippen molar-refractivity contribution < 1.29 is 19.2 Å². The maximum Gasteiger partial charge on any atom is 0.307 e. The normalized spacial score (nSPS) is 10.4. The number of rotatable bonds is 7. The second kappa shape index (κ2) is 7.35. The van der Waals surface area contributed by atoms with Crippen LogP contribution in [0, 0.1) is 6.92 Å². The summed E-state index contributed by atoms with van der Waals surface area (Å²) in [7, 11) is 0. The van der Waals surface area contributed by atoms with E-state index in [1.807, 2.05) is 0 Å². The van der Waals surface area contributed by atoms with Gasteiger partial charge in [0, 0.05) is 18.5 Å². The summed E-state index contributed by atoms with van der Waals surface area (Å²) >= 11 is 0. The number of aliphatic carboxylic acids is 1. The molecular formula is C15H17N3O4. The highest BCUT2D eigenvalue weighted by Crippen LogP contribution is 2.16. The Bertz CT molecular complexity index is 666. The Morgan fingerprint density at radius 2 is 2.09 bits per heavy atom. The van der Waals surface area contributed by atoms with Crippen molar-refractivity contribution in [3.05, 3.63) is 41.5 Å². The van der Waals surface area contributed by atoms with Crippen LogP contribution in [0.4, 0.5) is 5.69 Å². The lowest BCUT2D eigenvalue weighted by Gasteiger charge is -2.09. The van der Waals surface area contributed by atoms with E-state index in [-0.39, 0.29) is 12.3 Å². The zero-order chi connectivity index (χ0) is 15.9. The highest BCUT2D eigenvalue weighted by atomic mass is 16.5. The summed E-state index contributed by atoms with van der Waals surface area (Å²) in [6.45, 7) is 1.74. The van der Waals surface area contributed by atoms with Gasteiger partial charge < -0.3 is 14.9 Å². The number of para-hydroxylation sites is 1. The van der Waals surface area contributed by atoms with E-state index in [1.165, 1.54) is 0 Å². The number of carbonyl (C=O) groups excluding carboxylic acids is 1. The summed E-state index contributed by atoms with van der Waals surface area (Å²) in [5, 5.41) is 15.3. The molecule has 1 aromatic carbocycles. The molecule has 0 bridgehead atoms. The maximum absolute atomic E-state index is 11.9. The maximum atomic E-state index is 11.9. The van der Waals surface area contributed by atoms with E-state index in [0.717, 1.165) is 0 Å². The van der Waals surface area contributed by atoms with Gasteiger partial charge in [0.25, 0.3) is 0 Å². The van der Waals surface area contributed by atoms with Crippen molar-refractivity contribution >= 4 is 17.6 Å². The molecule has 2 aromatic rings. The topological polar surface area (TPSA) is 105 Å². The van der Waals surface area contributed by atoms with E-state index >= 15 is 0 Å². The highest BCUT2D eigenvalue weighted by molar-refractivity contribution is 5.92. The van der Waals surface area contributed by atoms with Crippen LogP contribution in [0.25, 0.3) is 0 Å². The average molecular weight is 303 g/mol. The van der Waals surface area contributed by atoms with E-state index in [1.54, 1.807) is 31.2 Å². The van der Waals surface area contributed by atoms with Gasteiger partial charge in [0.1, 0.15) is 0 Å². The Labute approximate surface area is 127 Å². The van der Waals surface area contributed by atoms with Crippen molar-refractivity contribution in [1.82, 2.24) is 10.1 Å². The third kappa shape index (κ3) is 4.69. The third-order valence-corrected chi connectivity index (χ3v) is 3.00. The fraction of sp³-hybridized carbons (Fsp3) is 0.333. The minimum atomic E-state index is -0.937. The number of hydrogen-bond donors (Lipinski definition) is 2. The van der Waals surface area contributed by atoms with E-state index < -0.39 is 5.97 Å². The Hall–Kier alpha value is -2.70. The van der Waals surface area contributed by atoms with Crippen LogP contribution >= 0.6 is 0 Å². The molecule has 1 heterocycles. The standard InChI is InChI=1S/C15H17N3O4/c1-10-16-14(22-18-10)8-4-7-13(19)17-12-6-3-2-5-11(12)9-15(20)21/h2-3,5-6H,4,7-9H2,1H3,(H,17,19)(H,20,21). The van der Waals surface area contributed by atoms with Crippen LogP contribution in [-0.2, 0) is 22.4 Å². The first-order valence-electron chi connectivity index (χ1n) is 6.93. The number of aromatic nitrogens is 2. The predicted molar refractivity (Wildman–Crippen MR) is 78.4 cm³/mol. The molecule has 0 unspecified atom stereocenters. The van der Waals surface area contributed by atoms with Crippen LogP contribution in [0.15, 0.2) is 28.8 Å². The summed E-state index contributed by atoms with van der Waals surface area (Å²) < 4.78 is 4.97. The molecule has 2 rings (SSSR count). The Balaban J connectivity index is 1.85. The molecule has 116 valence electrons. The molecular weight excluding hydrogens is 286 g/mol. The Morgan fingerprint density at radius 1 is 1.32 bits per heavy atom. The van der Waals surface area contributed by atoms with Gasteiger partial charge in [-0.2, -0.15) is 4.98 Å². The third-order valence-electron chi connectivity index (χ3n) is 3.00. The fourth-order valence-electron chi connectivity index (χ4n) is 2.01. The van der Waals surface area contributed by atoms with Crippen LogP contribution in [-0.4, -0.2) is 27.1 Å². The number of carboxylic acids is 1. The first kappa shape index (κ1) is 15.7. The Kier molecular flexibility index (Phi) is 5.24. The van der Waals surface area contributed by atoms with Gasteiger partial charge in [0.2, 0.25) is 11.8 Å². The molecule has 7 nitrogen and oxygen atoms in total. The second-order valence-corrected chi connectivity index (χ2v) is 4.86. The lowest BCUT2D eigenvalue weighted by atomic mass is 10.1. The van der Waals surface area contributed by atoms with E-state index in [4.69, 9.17) is 9.63 Å². The molecule has 0 radical (unpaired) electrons. The van der Waals surface area contributed by atoms with E-state index in [2.05, 4.69) is 15.5 Å². The van der Waals surface area contributed by atoms with E-state index in [0.29, 0.717) is 42.2 Å². The van der Waals surface area contributed by atoms with Crippen molar-refractivity contribution in [2.45, 2.75) is 32.6 Å². The quantitative estimate of drug-likeness (QED) is 0.810. The second-order valence-electron chi connectivity index (χ2n) is 4.86. The number of amides is 1. The number of carbonyl (C=O) groups is 2. The molecule has 0 saturated carbocycles. The van der Waals surface area contributed by atoms with Crippen molar-refractivity contribution in [3.63, 3.8) is 0 Å². The zero-order valence-corrected chi connectivity index (χ0v) is 12.2. The van der Waals surface area contributed by atoms with Crippen molar-refractivity contribution in [3.8, 4) is 0 Å². The van der Waals surface area contributed by atoms with Crippen LogP contribution in [0.2, 0.25) is 0 Å². The summed E-state index contributed by atoms with van der Waals surface area (Å²) in [6, 6.07) is 6.87. The molecule has 0 aliphatic rings. The summed E-state index contributed by atoms with van der Waals surface area (Å²) in [5.41, 5.74) is 1.11. The summed E-state index contributed by atoms with van der Waals surface area (Å²) in [6.07, 6.45) is 1.28. The summed E-state index contributed by atoms with van der Waals surface area (Å²) in [5.74, 6) is -0.0267. The Morgan fingerprint density at radius 3 is 2.77 bits per heavy atom. The number of carboxylic acid groups (broad SMARTS) is 1.